The van der Waals surface area contributed by atoms with Gasteiger partial charge in [-0.25, -0.2) is 8.42 Å². The number of rotatable bonds is 13. The van der Waals surface area contributed by atoms with E-state index in [1.807, 2.05) is 70.2 Å². The summed E-state index contributed by atoms with van der Waals surface area (Å²) in [6.07, 6.45) is 1.14. The number of hydrogen-bond acceptors (Lipinski definition) is 4. The van der Waals surface area contributed by atoms with Crippen molar-refractivity contribution in [3.8, 4) is 0 Å². The fourth-order valence-corrected chi connectivity index (χ4v) is 5.95. The topological polar surface area (TPSA) is 86.8 Å². The molecule has 0 saturated carbocycles. The van der Waals surface area contributed by atoms with Crippen LogP contribution >= 0.6 is 0 Å². The van der Waals surface area contributed by atoms with Gasteiger partial charge in [-0.3, -0.25) is 13.9 Å². The molecule has 2 amide bonds. The zero-order valence-corrected chi connectivity index (χ0v) is 25.8. The fourth-order valence-electron chi connectivity index (χ4n) is 4.53. The summed E-state index contributed by atoms with van der Waals surface area (Å²) < 4.78 is 29.2. The first-order valence-electron chi connectivity index (χ1n) is 14.3. The second-order valence-corrected chi connectivity index (χ2v) is 12.7. The Morgan fingerprint density at radius 2 is 1.44 bits per heavy atom. The molecule has 0 aromatic heterocycles. The van der Waals surface area contributed by atoms with Gasteiger partial charge in [-0.2, -0.15) is 0 Å². The highest BCUT2D eigenvalue weighted by atomic mass is 32.2. The number of anilines is 1. The van der Waals surface area contributed by atoms with Crippen molar-refractivity contribution in [2.75, 3.05) is 10.8 Å². The second-order valence-electron chi connectivity index (χ2n) is 10.8. The molecular formula is C33H43N3O4S. The van der Waals surface area contributed by atoms with Crippen LogP contribution < -0.4 is 9.62 Å². The van der Waals surface area contributed by atoms with E-state index in [1.165, 1.54) is 4.90 Å². The molecule has 7 nitrogen and oxygen atoms in total. The van der Waals surface area contributed by atoms with Crippen LogP contribution in [0.5, 0.6) is 0 Å². The van der Waals surface area contributed by atoms with Gasteiger partial charge in [0, 0.05) is 12.6 Å². The van der Waals surface area contributed by atoms with Crippen LogP contribution in [0.3, 0.4) is 0 Å². The average Bonchev–Trinajstić information content (AvgIpc) is 2.96. The normalized spacial score (nSPS) is 13.0. The van der Waals surface area contributed by atoms with Crippen molar-refractivity contribution in [2.24, 2.45) is 0 Å². The lowest BCUT2D eigenvalue weighted by molar-refractivity contribution is -0.140. The molecule has 8 heteroatoms. The first-order chi connectivity index (χ1) is 19.5. The molecule has 0 spiro atoms. The van der Waals surface area contributed by atoms with Crippen molar-refractivity contribution >= 4 is 27.5 Å². The zero-order valence-electron chi connectivity index (χ0n) is 25.0. The maximum atomic E-state index is 14.1. The lowest BCUT2D eigenvalue weighted by Gasteiger charge is -2.33. The molecule has 41 heavy (non-hydrogen) atoms. The third-order valence-corrected chi connectivity index (χ3v) is 9.11. The van der Waals surface area contributed by atoms with Crippen molar-refractivity contribution in [3.05, 3.63) is 95.6 Å². The highest BCUT2D eigenvalue weighted by Crippen LogP contribution is 2.27. The molecule has 0 aliphatic heterocycles. The van der Waals surface area contributed by atoms with E-state index in [2.05, 4.69) is 19.2 Å². The quantitative estimate of drug-likeness (QED) is 0.269. The highest BCUT2D eigenvalue weighted by Gasteiger charge is 2.34. The van der Waals surface area contributed by atoms with Gasteiger partial charge in [-0.05, 0) is 68.0 Å². The average molecular weight is 578 g/mol. The van der Waals surface area contributed by atoms with Gasteiger partial charge in [0.1, 0.15) is 12.6 Å². The highest BCUT2D eigenvalue weighted by molar-refractivity contribution is 7.92. The van der Waals surface area contributed by atoms with Crippen LogP contribution in [0, 0.1) is 6.92 Å². The number of aryl methyl sites for hydroxylation is 1. The molecule has 3 aromatic carbocycles. The molecule has 3 rings (SSSR count). The standard InChI is InChI=1S/C33H43N3O4S/c1-7-26(6)34-33(38)31(8-2)35(22-27-12-10-9-11-13-27)32(37)23-36(29-18-16-28(17-19-29)24(3)4)41(39,40)30-20-14-25(5)15-21-30/h9-21,24,26,31H,7-8,22-23H2,1-6H3,(H,34,38)/t26-,31+/m0/s1. The smallest absolute Gasteiger partial charge is 0.264 e. The first-order valence-corrected chi connectivity index (χ1v) is 15.7. The van der Waals surface area contributed by atoms with Crippen LogP contribution in [0.25, 0.3) is 0 Å². The number of nitrogens with zero attached hydrogens (tertiary/aromatic N) is 2. The molecule has 2 atom stereocenters. The Kier molecular flexibility index (Phi) is 11.1. The minimum absolute atomic E-state index is 0.0527. The minimum atomic E-state index is -4.10. The Bertz CT molecular complexity index is 1390. The molecule has 0 aliphatic carbocycles. The first kappa shape index (κ1) is 31.9. The van der Waals surface area contributed by atoms with Gasteiger partial charge < -0.3 is 10.2 Å². The van der Waals surface area contributed by atoms with Crippen LogP contribution in [-0.4, -0.2) is 43.8 Å². The molecule has 0 aliphatic rings. The van der Waals surface area contributed by atoms with E-state index in [1.54, 1.807) is 36.4 Å². The number of benzene rings is 3. The Balaban J connectivity index is 2.06. The van der Waals surface area contributed by atoms with E-state index in [4.69, 9.17) is 0 Å². The molecule has 0 heterocycles. The minimum Gasteiger partial charge on any atom is -0.352 e. The molecular weight excluding hydrogens is 534 g/mol. The number of amides is 2. The number of carbonyl (C=O) groups excluding carboxylic acids is 2. The molecule has 0 saturated heterocycles. The van der Waals surface area contributed by atoms with Crippen molar-refractivity contribution in [1.29, 1.82) is 0 Å². The van der Waals surface area contributed by atoms with E-state index in [9.17, 15) is 18.0 Å². The Labute approximate surface area is 245 Å². The molecule has 0 unspecified atom stereocenters. The van der Waals surface area contributed by atoms with Gasteiger partial charge in [0.05, 0.1) is 10.6 Å². The molecule has 3 aromatic rings. The monoisotopic (exact) mass is 577 g/mol. The van der Waals surface area contributed by atoms with Crippen molar-refractivity contribution in [3.63, 3.8) is 0 Å². The number of carbonyl (C=O) groups is 2. The Hall–Kier alpha value is -3.65. The largest absolute Gasteiger partial charge is 0.352 e. The van der Waals surface area contributed by atoms with E-state index in [0.29, 0.717) is 12.1 Å². The number of sulfonamides is 1. The van der Waals surface area contributed by atoms with Gasteiger partial charge in [0.25, 0.3) is 10.0 Å². The zero-order chi connectivity index (χ0) is 30.2. The van der Waals surface area contributed by atoms with Crippen LogP contribution in [0.4, 0.5) is 5.69 Å². The van der Waals surface area contributed by atoms with E-state index >= 15 is 0 Å². The van der Waals surface area contributed by atoms with Gasteiger partial charge in [-0.1, -0.05) is 87.9 Å². The van der Waals surface area contributed by atoms with Gasteiger partial charge in [0.15, 0.2) is 0 Å². The summed E-state index contributed by atoms with van der Waals surface area (Å²) in [5.41, 5.74) is 3.23. The third-order valence-electron chi connectivity index (χ3n) is 7.32. The Morgan fingerprint density at radius 3 is 1.98 bits per heavy atom. The van der Waals surface area contributed by atoms with Gasteiger partial charge >= 0.3 is 0 Å². The molecule has 220 valence electrons. The summed E-state index contributed by atoms with van der Waals surface area (Å²) in [5, 5.41) is 3.00. The van der Waals surface area contributed by atoms with Crippen molar-refractivity contribution < 1.29 is 18.0 Å². The molecule has 1 N–H and O–H groups in total. The number of hydrogen-bond donors (Lipinski definition) is 1. The second kappa shape index (κ2) is 14.3. The van der Waals surface area contributed by atoms with Crippen LogP contribution in [0.2, 0.25) is 0 Å². The summed E-state index contributed by atoms with van der Waals surface area (Å²) in [7, 11) is -4.10. The van der Waals surface area contributed by atoms with Crippen LogP contribution in [-0.2, 0) is 26.2 Å². The van der Waals surface area contributed by atoms with Gasteiger partial charge in [-0.15, -0.1) is 0 Å². The SMILES string of the molecule is CC[C@H](C(=O)N[C@@H](C)CC)N(Cc1ccccc1)C(=O)CN(c1ccc(C(C)C)cc1)S(=O)(=O)c1ccc(C)cc1. The maximum absolute atomic E-state index is 14.1. The summed E-state index contributed by atoms with van der Waals surface area (Å²) in [5.74, 6) is -0.437. The van der Waals surface area contributed by atoms with E-state index < -0.39 is 28.5 Å². The van der Waals surface area contributed by atoms with Crippen LogP contribution in [0.1, 0.15) is 70.1 Å². The van der Waals surface area contributed by atoms with Crippen LogP contribution in [0.15, 0.2) is 83.8 Å². The summed E-state index contributed by atoms with van der Waals surface area (Å²) in [6, 6.07) is 22.5. The third kappa shape index (κ3) is 8.19. The Morgan fingerprint density at radius 1 is 0.829 bits per heavy atom. The molecule has 0 fully saturated rings. The maximum Gasteiger partial charge on any atom is 0.264 e. The predicted molar refractivity (Wildman–Crippen MR) is 165 cm³/mol. The summed E-state index contributed by atoms with van der Waals surface area (Å²) >= 11 is 0. The van der Waals surface area contributed by atoms with Crippen molar-refractivity contribution in [2.45, 2.75) is 83.8 Å². The summed E-state index contributed by atoms with van der Waals surface area (Å²) in [4.78, 5) is 29.1. The number of nitrogens with one attached hydrogen (secondary N) is 1. The predicted octanol–water partition coefficient (Wildman–Crippen LogP) is 6.04. The van der Waals surface area contributed by atoms with E-state index in [0.717, 1.165) is 27.4 Å². The fraction of sp³-hybridized carbons (Fsp3) is 0.394. The lowest BCUT2D eigenvalue weighted by atomic mass is 10.0. The van der Waals surface area contributed by atoms with Crippen molar-refractivity contribution in [1.82, 2.24) is 10.2 Å². The molecule has 0 radical (unpaired) electrons. The summed E-state index contributed by atoms with van der Waals surface area (Å²) in [6.45, 7) is 11.5. The lowest BCUT2D eigenvalue weighted by Crippen LogP contribution is -2.53. The molecule has 0 bridgehead atoms. The van der Waals surface area contributed by atoms with E-state index in [-0.39, 0.29) is 29.3 Å². The van der Waals surface area contributed by atoms with Gasteiger partial charge in [0.2, 0.25) is 11.8 Å².